The number of nitrogens with zero attached hydrogens (tertiary/aromatic N) is 1. The zero-order valence-corrected chi connectivity index (χ0v) is 11.5. The Labute approximate surface area is 118 Å². The Bertz CT molecular complexity index is 713. The monoisotopic (exact) mass is 266 g/mol. The second-order valence-corrected chi connectivity index (χ2v) is 4.97. The lowest BCUT2D eigenvalue weighted by molar-refractivity contribution is 0.922. The predicted molar refractivity (Wildman–Crippen MR) is 84.2 cm³/mol. The number of aromatic nitrogens is 2. The van der Waals surface area contributed by atoms with E-state index < -0.39 is 0 Å². The number of nitrogen functional groups attached to an aromatic ring is 1. The van der Waals surface area contributed by atoms with E-state index in [9.17, 15) is 0 Å². The fourth-order valence-electron chi connectivity index (χ4n) is 2.32. The van der Waals surface area contributed by atoms with Crippen molar-refractivity contribution in [1.29, 1.82) is 0 Å². The van der Waals surface area contributed by atoms with Crippen LogP contribution in [-0.4, -0.2) is 10.2 Å². The van der Waals surface area contributed by atoms with E-state index in [1.165, 1.54) is 5.56 Å². The summed E-state index contributed by atoms with van der Waals surface area (Å²) in [5.74, 6) is 0. The van der Waals surface area contributed by atoms with Gasteiger partial charge in [0.1, 0.15) is 0 Å². The summed E-state index contributed by atoms with van der Waals surface area (Å²) in [6, 6.07) is 12.4. The van der Waals surface area contributed by atoms with Crippen molar-refractivity contribution in [3.63, 3.8) is 0 Å². The maximum atomic E-state index is 6.07. The van der Waals surface area contributed by atoms with Crippen molar-refractivity contribution >= 4 is 28.0 Å². The third-order valence-electron chi connectivity index (χ3n) is 3.38. The van der Waals surface area contributed by atoms with Gasteiger partial charge in [0.05, 0.1) is 23.1 Å². The van der Waals surface area contributed by atoms with E-state index in [1.807, 2.05) is 12.1 Å². The highest BCUT2D eigenvalue weighted by Gasteiger charge is 2.04. The molecule has 0 bridgehead atoms. The van der Waals surface area contributed by atoms with Crippen molar-refractivity contribution < 1.29 is 0 Å². The van der Waals surface area contributed by atoms with Gasteiger partial charge in [0.25, 0.3) is 0 Å². The number of nitrogens with two attached hydrogens (primary N) is 1. The van der Waals surface area contributed by atoms with Crippen LogP contribution in [-0.2, 0) is 6.42 Å². The van der Waals surface area contributed by atoms with E-state index in [1.54, 1.807) is 6.20 Å². The van der Waals surface area contributed by atoms with Gasteiger partial charge in [0.15, 0.2) is 0 Å². The Morgan fingerprint density at radius 1 is 1.20 bits per heavy atom. The molecule has 2 aromatic carbocycles. The largest absolute Gasteiger partial charge is 0.397 e. The molecule has 1 aromatic heterocycles. The fraction of sp³-hybridized carbons (Fsp3) is 0.188. The smallest absolute Gasteiger partial charge is 0.0672 e. The molecule has 3 rings (SSSR count). The van der Waals surface area contributed by atoms with Crippen LogP contribution in [0.25, 0.3) is 10.9 Å². The maximum Gasteiger partial charge on any atom is 0.0672 e. The third kappa shape index (κ3) is 2.45. The van der Waals surface area contributed by atoms with Gasteiger partial charge in [-0.2, -0.15) is 5.10 Å². The number of aryl methyl sites for hydroxylation is 1. The van der Waals surface area contributed by atoms with E-state index in [2.05, 4.69) is 46.7 Å². The SMILES string of the molecule is CCCc1ccc(Nc2cc3[nH]ncc3cc2N)cc1. The number of aromatic amines is 1. The van der Waals surface area contributed by atoms with Gasteiger partial charge in [-0.25, -0.2) is 0 Å². The molecule has 0 aliphatic heterocycles. The van der Waals surface area contributed by atoms with Gasteiger partial charge < -0.3 is 11.1 Å². The molecule has 0 aliphatic carbocycles. The summed E-state index contributed by atoms with van der Waals surface area (Å²) in [5.41, 5.74) is 11.0. The van der Waals surface area contributed by atoms with Crippen molar-refractivity contribution in [2.24, 2.45) is 0 Å². The fourth-order valence-corrected chi connectivity index (χ4v) is 2.32. The Balaban J connectivity index is 1.86. The highest BCUT2D eigenvalue weighted by atomic mass is 15.1. The van der Waals surface area contributed by atoms with E-state index >= 15 is 0 Å². The summed E-state index contributed by atoms with van der Waals surface area (Å²) >= 11 is 0. The Morgan fingerprint density at radius 3 is 2.75 bits per heavy atom. The molecule has 0 saturated carbocycles. The first-order chi connectivity index (χ1) is 9.76. The minimum absolute atomic E-state index is 0.719. The zero-order chi connectivity index (χ0) is 13.9. The molecular weight excluding hydrogens is 248 g/mol. The van der Waals surface area contributed by atoms with Gasteiger partial charge >= 0.3 is 0 Å². The molecule has 0 amide bonds. The first kappa shape index (κ1) is 12.5. The number of benzene rings is 2. The number of fused-ring (bicyclic) bond motifs is 1. The molecule has 0 unspecified atom stereocenters. The number of H-pyrrole nitrogens is 1. The Hall–Kier alpha value is -2.49. The lowest BCUT2D eigenvalue weighted by atomic mass is 10.1. The number of hydrogen-bond donors (Lipinski definition) is 3. The molecule has 0 fully saturated rings. The van der Waals surface area contributed by atoms with Crippen molar-refractivity contribution in [2.45, 2.75) is 19.8 Å². The van der Waals surface area contributed by atoms with Gasteiger partial charge in [-0.3, -0.25) is 5.10 Å². The van der Waals surface area contributed by atoms with Crippen LogP contribution >= 0.6 is 0 Å². The molecule has 0 radical (unpaired) electrons. The van der Waals surface area contributed by atoms with Crippen molar-refractivity contribution in [2.75, 3.05) is 11.1 Å². The number of nitrogens with one attached hydrogen (secondary N) is 2. The summed E-state index contributed by atoms with van der Waals surface area (Å²) < 4.78 is 0. The van der Waals surface area contributed by atoms with Gasteiger partial charge in [0.2, 0.25) is 0 Å². The first-order valence-electron chi connectivity index (χ1n) is 6.85. The number of rotatable bonds is 4. The summed E-state index contributed by atoms with van der Waals surface area (Å²) in [6.07, 6.45) is 4.05. The molecule has 102 valence electrons. The van der Waals surface area contributed by atoms with Gasteiger partial charge in [0, 0.05) is 11.1 Å². The molecular formula is C16H18N4. The van der Waals surface area contributed by atoms with Crippen LogP contribution in [0.2, 0.25) is 0 Å². The summed E-state index contributed by atoms with van der Waals surface area (Å²) in [5, 5.41) is 11.3. The normalized spacial score (nSPS) is 10.8. The lowest BCUT2D eigenvalue weighted by Crippen LogP contribution is -1.96. The van der Waals surface area contributed by atoms with E-state index in [-0.39, 0.29) is 0 Å². The zero-order valence-electron chi connectivity index (χ0n) is 11.5. The topological polar surface area (TPSA) is 66.7 Å². The van der Waals surface area contributed by atoms with Crippen LogP contribution in [0.15, 0.2) is 42.6 Å². The molecule has 0 aliphatic rings. The average molecular weight is 266 g/mol. The summed E-state index contributed by atoms with van der Waals surface area (Å²) in [4.78, 5) is 0. The van der Waals surface area contributed by atoms with Crippen LogP contribution in [0.3, 0.4) is 0 Å². The minimum atomic E-state index is 0.719. The molecule has 0 spiro atoms. The third-order valence-corrected chi connectivity index (χ3v) is 3.38. The Kier molecular flexibility index (Phi) is 3.29. The molecule has 4 nitrogen and oxygen atoms in total. The minimum Gasteiger partial charge on any atom is -0.397 e. The van der Waals surface area contributed by atoms with Crippen LogP contribution < -0.4 is 11.1 Å². The molecule has 20 heavy (non-hydrogen) atoms. The second-order valence-electron chi connectivity index (χ2n) is 4.97. The van der Waals surface area contributed by atoms with Crippen LogP contribution in [0.5, 0.6) is 0 Å². The molecule has 4 heteroatoms. The molecule has 0 saturated heterocycles. The molecule has 0 atom stereocenters. The highest BCUT2D eigenvalue weighted by Crippen LogP contribution is 2.27. The van der Waals surface area contributed by atoms with Crippen LogP contribution in [0.4, 0.5) is 17.1 Å². The van der Waals surface area contributed by atoms with Crippen LogP contribution in [0, 0.1) is 0 Å². The van der Waals surface area contributed by atoms with E-state index in [0.717, 1.165) is 40.8 Å². The van der Waals surface area contributed by atoms with Gasteiger partial charge in [-0.1, -0.05) is 25.5 Å². The number of hydrogen-bond acceptors (Lipinski definition) is 3. The quantitative estimate of drug-likeness (QED) is 0.628. The van der Waals surface area contributed by atoms with Gasteiger partial charge in [-0.05, 0) is 36.2 Å². The van der Waals surface area contributed by atoms with Crippen molar-refractivity contribution in [1.82, 2.24) is 10.2 Å². The Morgan fingerprint density at radius 2 is 2.00 bits per heavy atom. The lowest BCUT2D eigenvalue weighted by Gasteiger charge is -2.10. The predicted octanol–water partition coefficient (Wildman–Crippen LogP) is 3.84. The molecule has 3 aromatic rings. The van der Waals surface area contributed by atoms with Crippen LogP contribution in [0.1, 0.15) is 18.9 Å². The summed E-state index contributed by atoms with van der Waals surface area (Å²) in [7, 11) is 0. The average Bonchev–Trinajstić information content (AvgIpc) is 2.89. The number of anilines is 3. The second kappa shape index (κ2) is 5.25. The van der Waals surface area contributed by atoms with E-state index in [0.29, 0.717) is 0 Å². The summed E-state index contributed by atoms with van der Waals surface area (Å²) in [6.45, 7) is 2.19. The van der Waals surface area contributed by atoms with Crippen molar-refractivity contribution in [3.8, 4) is 0 Å². The van der Waals surface area contributed by atoms with Gasteiger partial charge in [-0.15, -0.1) is 0 Å². The molecule has 4 N–H and O–H groups in total. The van der Waals surface area contributed by atoms with Crippen molar-refractivity contribution in [3.05, 3.63) is 48.2 Å². The maximum absolute atomic E-state index is 6.07. The standard InChI is InChI=1S/C16H18N4/c1-2-3-11-4-6-13(7-5-11)19-16-9-15-12(8-14(16)17)10-18-20-15/h4-10,19H,2-3,17H2,1H3,(H,18,20). The highest BCUT2D eigenvalue weighted by molar-refractivity contribution is 5.89. The van der Waals surface area contributed by atoms with E-state index in [4.69, 9.17) is 5.73 Å². The molecule has 1 heterocycles. The first-order valence-corrected chi connectivity index (χ1v) is 6.85.